The Morgan fingerprint density at radius 3 is 2.71 bits per heavy atom. The van der Waals surface area contributed by atoms with E-state index >= 15 is 0 Å². The summed E-state index contributed by atoms with van der Waals surface area (Å²) < 4.78 is 0. The zero-order chi connectivity index (χ0) is 15.1. The zero-order valence-electron chi connectivity index (χ0n) is 12.1. The summed E-state index contributed by atoms with van der Waals surface area (Å²) in [6.45, 7) is 2.54. The predicted molar refractivity (Wildman–Crippen MR) is 81.3 cm³/mol. The average molecular weight is 284 g/mol. The van der Waals surface area contributed by atoms with Gasteiger partial charge in [0.1, 0.15) is 5.82 Å². The fourth-order valence-electron chi connectivity index (χ4n) is 2.11. The summed E-state index contributed by atoms with van der Waals surface area (Å²) in [4.78, 5) is 20.5. The second-order valence-corrected chi connectivity index (χ2v) is 4.94. The third-order valence-electron chi connectivity index (χ3n) is 3.26. The van der Waals surface area contributed by atoms with Crippen LogP contribution in [0.5, 0.6) is 0 Å². The number of aryl methyl sites for hydroxylation is 1. The topological polar surface area (TPSA) is 80.9 Å². The van der Waals surface area contributed by atoms with E-state index in [2.05, 4.69) is 15.3 Å². The maximum absolute atomic E-state index is 12.2. The number of aromatic nitrogens is 2. The molecule has 0 radical (unpaired) electrons. The van der Waals surface area contributed by atoms with Crippen molar-refractivity contribution in [3.8, 4) is 0 Å². The molecule has 2 aromatic rings. The molecule has 0 fully saturated rings. The summed E-state index contributed by atoms with van der Waals surface area (Å²) in [5, 5.41) is 2.89. The number of carbonyl (C=O) groups is 1. The van der Waals surface area contributed by atoms with Crippen molar-refractivity contribution in [3.05, 3.63) is 59.7 Å². The largest absolute Gasteiger partial charge is 0.350 e. The number of amides is 1. The molecule has 0 saturated heterocycles. The van der Waals surface area contributed by atoms with E-state index in [1.807, 2.05) is 37.3 Å². The van der Waals surface area contributed by atoms with Gasteiger partial charge in [0.2, 0.25) is 5.91 Å². The Hall–Kier alpha value is -2.27. The summed E-state index contributed by atoms with van der Waals surface area (Å²) in [5.41, 5.74) is 7.64. The van der Waals surface area contributed by atoms with Gasteiger partial charge in [-0.25, -0.2) is 9.97 Å². The standard InChI is InChI=1S/C16H20N4O/c1-12-18-8-7-15(20-12)11-19-16(21)14(10-17)9-13-5-3-2-4-6-13/h2-8,14H,9-11,17H2,1H3,(H,19,21). The van der Waals surface area contributed by atoms with E-state index < -0.39 is 0 Å². The van der Waals surface area contributed by atoms with Crippen LogP contribution in [0.3, 0.4) is 0 Å². The molecule has 0 bridgehead atoms. The summed E-state index contributed by atoms with van der Waals surface area (Å²) in [6.07, 6.45) is 2.33. The minimum atomic E-state index is -0.227. The van der Waals surface area contributed by atoms with E-state index in [1.54, 1.807) is 12.3 Å². The van der Waals surface area contributed by atoms with Gasteiger partial charge in [-0.05, 0) is 25.0 Å². The minimum Gasteiger partial charge on any atom is -0.350 e. The third-order valence-corrected chi connectivity index (χ3v) is 3.26. The highest BCUT2D eigenvalue weighted by Gasteiger charge is 2.17. The monoisotopic (exact) mass is 284 g/mol. The van der Waals surface area contributed by atoms with Crippen molar-refractivity contribution in [3.63, 3.8) is 0 Å². The molecule has 110 valence electrons. The van der Waals surface area contributed by atoms with Crippen LogP contribution in [0.2, 0.25) is 0 Å². The van der Waals surface area contributed by atoms with Gasteiger partial charge >= 0.3 is 0 Å². The van der Waals surface area contributed by atoms with Gasteiger partial charge in [-0.1, -0.05) is 30.3 Å². The molecule has 5 nitrogen and oxygen atoms in total. The second-order valence-electron chi connectivity index (χ2n) is 4.94. The van der Waals surface area contributed by atoms with E-state index in [1.165, 1.54) is 0 Å². The van der Waals surface area contributed by atoms with Gasteiger partial charge in [0.15, 0.2) is 0 Å². The molecule has 0 saturated carbocycles. The highest BCUT2D eigenvalue weighted by molar-refractivity contribution is 5.79. The first-order valence-corrected chi connectivity index (χ1v) is 6.99. The molecule has 3 N–H and O–H groups in total. The quantitative estimate of drug-likeness (QED) is 0.835. The van der Waals surface area contributed by atoms with Crippen LogP contribution in [0.1, 0.15) is 17.1 Å². The SMILES string of the molecule is Cc1nccc(CNC(=O)C(CN)Cc2ccccc2)n1. The van der Waals surface area contributed by atoms with Crippen LogP contribution in [0.4, 0.5) is 0 Å². The van der Waals surface area contributed by atoms with Crippen LogP contribution in [0, 0.1) is 12.8 Å². The Labute approximate surface area is 124 Å². The first kappa shape index (κ1) is 15.1. The van der Waals surface area contributed by atoms with Gasteiger partial charge in [-0.15, -0.1) is 0 Å². The number of nitrogens with one attached hydrogen (secondary N) is 1. The predicted octanol–water partition coefficient (Wildman–Crippen LogP) is 1.22. The van der Waals surface area contributed by atoms with E-state index in [0.717, 1.165) is 11.3 Å². The molecule has 0 spiro atoms. The fraction of sp³-hybridized carbons (Fsp3) is 0.312. The summed E-state index contributed by atoms with van der Waals surface area (Å²) in [7, 11) is 0. The Kier molecular flexibility index (Phi) is 5.40. The number of nitrogens with two attached hydrogens (primary N) is 1. The molecular formula is C16H20N4O. The molecule has 0 aliphatic carbocycles. The lowest BCUT2D eigenvalue weighted by molar-refractivity contribution is -0.124. The Morgan fingerprint density at radius 1 is 1.29 bits per heavy atom. The van der Waals surface area contributed by atoms with Crippen molar-refractivity contribution in [2.75, 3.05) is 6.54 Å². The molecule has 1 unspecified atom stereocenters. The molecule has 5 heteroatoms. The zero-order valence-corrected chi connectivity index (χ0v) is 12.1. The number of carbonyl (C=O) groups excluding carboxylic acids is 1. The number of rotatable bonds is 6. The first-order valence-electron chi connectivity index (χ1n) is 6.99. The second kappa shape index (κ2) is 7.50. The summed E-state index contributed by atoms with van der Waals surface area (Å²) in [5.74, 6) is 0.425. The fourth-order valence-corrected chi connectivity index (χ4v) is 2.11. The van der Waals surface area contributed by atoms with Gasteiger partial charge in [0.05, 0.1) is 18.2 Å². The van der Waals surface area contributed by atoms with Gasteiger partial charge < -0.3 is 11.1 Å². The highest BCUT2D eigenvalue weighted by atomic mass is 16.1. The minimum absolute atomic E-state index is 0.0439. The first-order chi connectivity index (χ1) is 10.2. The van der Waals surface area contributed by atoms with E-state index in [-0.39, 0.29) is 11.8 Å². The van der Waals surface area contributed by atoms with Crippen molar-refractivity contribution in [1.29, 1.82) is 0 Å². The summed E-state index contributed by atoms with van der Waals surface area (Å²) in [6, 6.07) is 11.7. The molecule has 1 heterocycles. The van der Waals surface area contributed by atoms with E-state index in [4.69, 9.17) is 5.73 Å². The Balaban J connectivity index is 1.91. The normalized spacial score (nSPS) is 11.9. The van der Waals surface area contributed by atoms with E-state index in [0.29, 0.717) is 25.3 Å². The smallest absolute Gasteiger partial charge is 0.225 e. The molecule has 0 aliphatic rings. The number of nitrogens with zero attached hydrogens (tertiary/aromatic N) is 2. The maximum Gasteiger partial charge on any atom is 0.225 e. The number of hydrogen-bond acceptors (Lipinski definition) is 4. The third kappa shape index (κ3) is 4.65. The molecule has 1 atom stereocenters. The van der Waals surface area contributed by atoms with Crippen molar-refractivity contribution in [1.82, 2.24) is 15.3 Å². The van der Waals surface area contributed by atoms with Crippen LogP contribution < -0.4 is 11.1 Å². The Morgan fingerprint density at radius 2 is 2.05 bits per heavy atom. The number of hydrogen-bond donors (Lipinski definition) is 2. The molecule has 1 aromatic carbocycles. The Bertz CT molecular complexity index is 586. The van der Waals surface area contributed by atoms with Crippen LogP contribution in [0.25, 0.3) is 0 Å². The van der Waals surface area contributed by atoms with Crippen LogP contribution >= 0.6 is 0 Å². The van der Waals surface area contributed by atoms with Crippen LogP contribution in [0.15, 0.2) is 42.6 Å². The lowest BCUT2D eigenvalue weighted by Gasteiger charge is -2.15. The van der Waals surface area contributed by atoms with Crippen molar-refractivity contribution in [2.45, 2.75) is 19.9 Å². The summed E-state index contributed by atoms with van der Waals surface area (Å²) >= 11 is 0. The highest BCUT2D eigenvalue weighted by Crippen LogP contribution is 2.08. The van der Waals surface area contributed by atoms with Crippen LogP contribution in [-0.4, -0.2) is 22.4 Å². The van der Waals surface area contributed by atoms with Gasteiger partial charge in [0, 0.05) is 12.7 Å². The van der Waals surface area contributed by atoms with Gasteiger partial charge in [0.25, 0.3) is 0 Å². The van der Waals surface area contributed by atoms with Crippen molar-refractivity contribution >= 4 is 5.91 Å². The maximum atomic E-state index is 12.2. The lowest BCUT2D eigenvalue weighted by Crippen LogP contribution is -2.36. The average Bonchev–Trinajstić information content (AvgIpc) is 2.51. The van der Waals surface area contributed by atoms with Crippen molar-refractivity contribution < 1.29 is 4.79 Å². The van der Waals surface area contributed by atoms with E-state index in [9.17, 15) is 4.79 Å². The molecule has 21 heavy (non-hydrogen) atoms. The molecule has 0 aliphatic heterocycles. The van der Waals surface area contributed by atoms with Gasteiger partial charge in [-0.3, -0.25) is 4.79 Å². The molecule has 1 amide bonds. The van der Waals surface area contributed by atoms with Crippen LogP contribution in [-0.2, 0) is 17.8 Å². The molecule has 1 aromatic heterocycles. The lowest BCUT2D eigenvalue weighted by atomic mass is 9.98. The molecule has 2 rings (SSSR count). The number of benzene rings is 1. The van der Waals surface area contributed by atoms with Gasteiger partial charge in [-0.2, -0.15) is 0 Å². The van der Waals surface area contributed by atoms with Crippen molar-refractivity contribution in [2.24, 2.45) is 11.7 Å². The molecular weight excluding hydrogens is 264 g/mol.